The van der Waals surface area contributed by atoms with Gasteiger partial charge >= 0.3 is 0 Å². The highest BCUT2D eigenvalue weighted by Gasteiger charge is 2.33. The van der Waals surface area contributed by atoms with E-state index in [0.717, 1.165) is 11.9 Å². The highest BCUT2D eigenvalue weighted by Crippen LogP contribution is 2.28. The van der Waals surface area contributed by atoms with Crippen molar-refractivity contribution in [3.63, 3.8) is 0 Å². The second-order valence-corrected chi connectivity index (χ2v) is 10.7. The molecule has 0 bridgehead atoms. The Morgan fingerprint density at radius 1 is 0.914 bits per heavy atom. The van der Waals surface area contributed by atoms with E-state index >= 15 is 0 Å². The summed E-state index contributed by atoms with van der Waals surface area (Å²) < 4.78 is 32.4. The largest absolute Gasteiger partial charge is 0.457 e. The second kappa shape index (κ2) is 10.6. The topological polar surface area (TPSA) is 70.2 Å². The van der Waals surface area contributed by atoms with Crippen LogP contribution in [0.15, 0.2) is 78.9 Å². The lowest BCUT2D eigenvalue weighted by Gasteiger charge is -2.39. The van der Waals surface area contributed by atoms with Gasteiger partial charge in [-0.05, 0) is 61.5 Å². The van der Waals surface area contributed by atoms with Crippen LogP contribution < -0.4 is 13.9 Å². The zero-order valence-corrected chi connectivity index (χ0v) is 21.2. The zero-order valence-electron chi connectivity index (χ0n) is 19.7. The molecule has 0 saturated carbocycles. The molecule has 184 valence electrons. The molecule has 0 N–H and O–H groups in total. The number of hydrogen-bond acceptors (Lipinski definition) is 5. The normalized spacial score (nSPS) is 14.9. The van der Waals surface area contributed by atoms with Gasteiger partial charge in [0.25, 0.3) is 0 Å². The van der Waals surface area contributed by atoms with Gasteiger partial charge in [0.15, 0.2) is 0 Å². The van der Waals surface area contributed by atoms with Crippen molar-refractivity contribution in [3.8, 4) is 11.5 Å². The molecule has 0 spiro atoms. The molecule has 3 aromatic carbocycles. The van der Waals surface area contributed by atoms with Gasteiger partial charge in [0.1, 0.15) is 17.5 Å². The van der Waals surface area contributed by atoms with Crippen LogP contribution in [-0.2, 0) is 14.8 Å². The average Bonchev–Trinajstić information content (AvgIpc) is 2.85. The molecule has 9 heteroatoms. The molecular weight excluding hydrogens is 486 g/mol. The fraction of sp³-hybridized carbons (Fsp3) is 0.269. The van der Waals surface area contributed by atoms with Crippen molar-refractivity contribution in [2.75, 3.05) is 41.6 Å². The molecule has 7 nitrogen and oxygen atoms in total. The van der Waals surface area contributed by atoms with Crippen LogP contribution in [0.4, 0.5) is 11.4 Å². The van der Waals surface area contributed by atoms with E-state index < -0.39 is 16.1 Å². The third kappa shape index (κ3) is 6.07. The molecule has 1 saturated heterocycles. The number of carbonyl (C=O) groups is 1. The standard InChI is InChI=1S/C26H28ClN3O4S/c1-20(26(31)29-17-15-28(16-18-29)23-8-6-7-21(27)19-23)30(35(2,32)33)22-11-13-25(14-12-22)34-24-9-4-3-5-10-24/h3-14,19-20H,15-18H2,1-2H3/t20-/m0/s1. The molecule has 1 aliphatic heterocycles. The van der Waals surface area contributed by atoms with Gasteiger partial charge in [-0.2, -0.15) is 0 Å². The Balaban J connectivity index is 1.45. The van der Waals surface area contributed by atoms with Crippen molar-refractivity contribution >= 4 is 38.9 Å². The Hall–Kier alpha value is -3.23. The van der Waals surface area contributed by atoms with E-state index in [1.807, 2.05) is 54.6 Å². The smallest absolute Gasteiger partial charge is 0.246 e. The Kier molecular flexibility index (Phi) is 7.52. The molecular formula is C26H28ClN3O4S. The third-order valence-corrected chi connectivity index (χ3v) is 7.38. The summed E-state index contributed by atoms with van der Waals surface area (Å²) >= 11 is 6.11. The van der Waals surface area contributed by atoms with Crippen molar-refractivity contribution in [3.05, 3.63) is 83.9 Å². The molecule has 1 fully saturated rings. The zero-order chi connectivity index (χ0) is 25.0. The monoisotopic (exact) mass is 513 g/mol. The van der Waals surface area contributed by atoms with Gasteiger partial charge in [0, 0.05) is 36.9 Å². The predicted octanol–water partition coefficient (Wildman–Crippen LogP) is 4.64. The van der Waals surface area contributed by atoms with Crippen LogP contribution in [0.2, 0.25) is 5.02 Å². The van der Waals surface area contributed by atoms with Gasteiger partial charge in [0.2, 0.25) is 15.9 Å². The van der Waals surface area contributed by atoms with Crippen molar-refractivity contribution in [1.29, 1.82) is 0 Å². The SMILES string of the molecule is C[C@@H](C(=O)N1CCN(c2cccc(Cl)c2)CC1)N(c1ccc(Oc2ccccc2)cc1)S(C)(=O)=O. The minimum Gasteiger partial charge on any atom is -0.457 e. The number of hydrogen-bond donors (Lipinski definition) is 0. The maximum absolute atomic E-state index is 13.3. The summed E-state index contributed by atoms with van der Waals surface area (Å²) in [6, 6.07) is 22.7. The van der Waals surface area contributed by atoms with Gasteiger partial charge in [-0.15, -0.1) is 0 Å². The van der Waals surface area contributed by atoms with E-state index in [2.05, 4.69) is 4.90 Å². The molecule has 4 rings (SSSR count). The molecule has 0 radical (unpaired) electrons. The number of nitrogens with zero attached hydrogens (tertiary/aromatic N) is 3. The summed E-state index contributed by atoms with van der Waals surface area (Å²) in [5.74, 6) is 1.02. The van der Waals surface area contributed by atoms with E-state index in [9.17, 15) is 13.2 Å². The number of ether oxygens (including phenoxy) is 1. The molecule has 0 aliphatic carbocycles. The summed E-state index contributed by atoms with van der Waals surface area (Å²) in [6.07, 6.45) is 1.11. The molecule has 35 heavy (non-hydrogen) atoms. The highest BCUT2D eigenvalue weighted by atomic mass is 35.5. The Morgan fingerprint density at radius 2 is 1.54 bits per heavy atom. The van der Waals surface area contributed by atoms with Crippen LogP contribution >= 0.6 is 11.6 Å². The van der Waals surface area contributed by atoms with Gasteiger partial charge in [-0.1, -0.05) is 35.9 Å². The molecule has 3 aromatic rings. The lowest BCUT2D eigenvalue weighted by Crippen LogP contribution is -2.55. The average molecular weight is 514 g/mol. The minimum atomic E-state index is -3.71. The first-order valence-corrected chi connectivity index (χ1v) is 13.6. The van der Waals surface area contributed by atoms with Crippen LogP contribution in [0, 0.1) is 0 Å². The molecule has 1 heterocycles. The van der Waals surface area contributed by atoms with Crippen molar-refractivity contribution in [2.24, 2.45) is 0 Å². The molecule has 1 amide bonds. The van der Waals surface area contributed by atoms with Crippen LogP contribution in [0.1, 0.15) is 6.92 Å². The molecule has 0 aromatic heterocycles. The second-order valence-electron chi connectivity index (χ2n) is 8.44. The lowest BCUT2D eigenvalue weighted by molar-refractivity contribution is -0.132. The summed E-state index contributed by atoms with van der Waals surface area (Å²) in [4.78, 5) is 17.2. The van der Waals surface area contributed by atoms with Gasteiger partial charge in [-0.3, -0.25) is 9.10 Å². The van der Waals surface area contributed by atoms with E-state index in [-0.39, 0.29) is 5.91 Å². The fourth-order valence-electron chi connectivity index (χ4n) is 4.21. The van der Waals surface area contributed by atoms with Crippen LogP contribution in [-0.4, -0.2) is 57.7 Å². The third-order valence-electron chi connectivity index (χ3n) is 5.90. The van der Waals surface area contributed by atoms with Crippen molar-refractivity contribution < 1.29 is 17.9 Å². The number of carbonyl (C=O) groups excluding carboxylic acids is 1. The first-order valence-electron chi connectivity index (χ1n) is 11.3. The quantitative estimate of drug-likeness (QED) is 0.460. The Morgan fingerprint density at radius 3 is 2.14 bits per heavy atom. The first-order chi connectivity index (χ1) is 16.7. The Labute approximate surface area is 211 Å². The van der Waals surface area contributed by atoms with E-state index in [1.165, 1.54) is 4.31 Å². The molecule has 1 atom stereocenters. The van der Waals surface area contributed by atoms with Crippen LogP contribution in [0.5, 0.6) is 11.5 Å². The van der Waals surface area contributed by atoms with E-state index in [4.69, 9.17) is 16.3 Å². The van der Waals surface area contributed by atoms with Gasteiger partial charge in [-0.25, -0.2) is 8.42 Å². The summed E-state index contributed by atoms with van der Waals surface area (Å²) in [7, 11) is -3.71. The number of para-hydroxylation sites is 1. The number of benzene rings is 3. The van der Waals surface area contributed by atoms with Crippen LogP contribution in [0.25, 0.3) is 0 Å². The molecule has 0 unspecified atom stereocenters. The first kappa shape index (κ1) is 24.9. The highest BCUT2D eigenvalue weighted by molar-refractivity contribution is 7.92. The number of rotatable bonds is 7. The number of piperazine rings is 1. The van der Waals surface area contributed by atoms with Gasteiger partial charge in [0.05, 0.1) is 11.9 Å². The van der Waals surface area contributed by atoms with Crippen molar-refractivity contribution in [1.82, 2.24) is 4.90 Å². The summed E-state index contributed by atoms with van der Waals surface area (Å²) in [5, 5.41) is 0.665. The fourth-order valence-corrected chi connectivity index (χ4v) is 5.56. The summed E-state index contributed by atoms with van der Waals surface area (Å²) in [5.41, 5.74) is 1.42. The number of anilines is 2. The van der Waals surface area contributed by atoms with Gasteiger partial charge < -0.3 is 14.5 Å². The number of halogens is 1. The van der Waals surface area contributed by atoms with Crippen LogP contribution in [0.3, 0.4) is 0 Å². The molecule has 1 aliphatic rings. The minimum absolute atomic E-state index is 0.231. The van der Waals surface area contributed by atoms with E-state index in [0.29, 0.717) is 48.4 Å². The Bertz CT molecular complexity index is 1260. The van der Waals surface area contributed by atoms with Crippen molar-refractivity contribution in [2.45, 2.75) is 13.0 Å². The maximum Gasteiger partial charge on any atom is 0.246 e. The predicted molar refractivity (Wildman–Crippen MR) is 140 cm³/mol. The lowest BCUT2D eigenvalue weighted by atomic mass is 10.2. The summed E-state index contributed by atoms with van der Waals surface area (Å²) in [6.45, 7) is 3.90. The maximum atomic E-state index is 13.3. The van der Waals surface area contributed by atoms with E-state index in [1.54, 1.807) is 36.1 Å². The number of amides is 1. The number of sulfonamides is 1.